The molecule has 0 aliphatic carbocycles. The summed E-state index contributed by atoms with van der Waals surface area (Å²) in [6, 6.07) is 11.5. The summed E-state index contributed by atoms with van der Waals surface area (Å²) >= 11 is 0. The van der Waals surface area contributed by atoms with Gasteiger partial charge in [0, 0.05) is 19.5 Å². The molecule has 4 heterocycles. The zero-order chi connectivity index (χ0) is 19.1. The number of rotatable bonds is 4. The third-order valence-corrected chi connectivity index (χ3v) is 5.75. The minimum absolute atomic E-state index is 0.00855. The number of furan rings is 1. The summed E-state index contributed by atoms with van der Waals surface area (Å²) in [6.45, 7) is 1.58. The Hall–Kier alpha value is -3.09. The number of aromatic amines is 1. The van der Waals surface area contributed by atoms with Gasteiger partial charge in [-0.2, -0.15) is 0 Å². The highest BCUT2D eigenvalue weighted by atomic mass is 16.3. The van der Waals surface area contributed by atoms with Crippen LogP contribution in [0.4, 0.5) is 0 Å². The van der Waals surface area contributed by atoms with Crippen molar-refractivity contribution in [3.63, 3.8) is 0 Å². The Balaban J connectivity index is 1.32. The second-order valence-electron chi connectivity index (χ2n) is 7.58. The summed E-state index contributed by atoms with van der Waals surface area (Å²) in [4.78, 5) is 37.3. The molecule has 0 unspecified atom stereocenters. The second-order valence-corrected chi connectivity index (χ2v) is 7.58. The first-order chi connectivity index (χ1) is 13.7. The molecule has 7 nitrogen and oxygen atoms in total. The molecule has 0 radical (unpaired) electrons. The number of amides is 2. The van der Waals surface area contributed by atoms with Crippen LogP contribution in [0.1, 0.15) is 36.9 Å². The summed E-state index contributed by atoms with van der Waals surface area (Å²) in [5.41, 5.74) is 1.90. The van der Waals surface area contributed by atoms with Crippen molar-refractivity contribution < 1.29 is 14.0 Å². The molecule has 2 aliphatic heterocycles. The summed E-state index contributed by atoms with van der Waals surface area (Å²) < 4.78 is 5.34. The molecule has 0 saturated carbocycles. The number of fused-ring (bicyclic) bond motifs is 1. The maximum Gasteiger partial charge on any atom is 0.228 e. The summed E-state index contributed by atoms with van der Waals surface area (Å²) in [6.07, 6.45) is 3.70. The van der Waals surface area contributed by atoms with E-state index in [9.17, 15) is 9.59 Å². The number of hydrogen-bond donors (Lipinski definition) is 1. The van der Waals surface area contributed by atoms with Crippen LogP contribution >= 0.6 is 0 Å². The van der Waals surface area contributed by atoms with Crippen molar-refractivity contribution in [3.8, 4) is 0 Å². The SMILES string of the molecule is O=C1C[C@@H](C(=O)N2CCC[C@H]2c2nc3ccccc3[nH]2)CN1Cc1ccco1. The van der Waals surface area contributed by atoms with Crippen LogP contribution < -0.4 is 0 Å². The highest BCUT2D eigenvalue weighted by Crippen LogP contribution is 2.34. The standard InChI is InChI=1S/C21H22N4O3/c26-19-11-14(12-24(19)13-15-5-4-10-28-15)21(27)25-9-3-8-18(25)20-22-16-6-1-2-7-17(16)23-20/h1-2,4-7,10,14,18H,3,8-9,11-13H2,(H,22,23)/t14-,18+/m1/s1. The van der Waals surface area contributed by atoms with Crippen LogP contribution in [0, 0.1) is 5.92 Å². The van der Waals surface area contributed by atoms with Gasteiger partial charge in [-0.1, -0.05) is 12.1 Å². The lowest BCUT2D eigenvalue weighted by atomic mass is 10.1. The van der Waals surface area contributed by atoms with Gasteiger partial charge in [0.25, 0.3) is 0 Å². The van der Waals surface area contributed by atoms with Gasteiger partial charge >= 0.3 is 0 Å². The first-order valence-electron chi connectivity index (χ1n) is 9.74. The molecule has 2 aromatic heterocycles. The molecule has 2 saturated heterocycles. The smallest absolute Gasteiger partial charge is 0.228 e. The molecule has 5 rings (SSSR count). The third kappa shape index (κ3) is 2.96. The molecule has 0 spiro atoms. The fraction of sp³-hybridized carbons (Fsp3) is 0.381. The zero-order valence-corrected chi connectivity index (χ0v) is 15.5. The largest absolute Gasteiger partial charge is 0.467 e. The molecule has 2 fully saturated rings. The molecule has 1 N–H and O–H groups in total. The molecular formula is C21H22N4O3. The molecule has 28 heavy (non-hydrogen) atoms. The lowest BCUT2D eigenvalue weighted by molar-refractivity contribution is -0.136. The van der Waals surface area contributed by atoms with Crippen LogP contribution in [0.25, 0.3) is 11.0 Å². The zero-order valence-electron chi connectivity index (χ0n) is 15.5. The quantitative estimate of drug-likeness (QED) is 0.757. The van der Waals surface area contributed by atoms with Crippen LogP contribution in [0.2, 0.25) is 0 Å². The Kier molecular flexibility index (Phi) is 4.15. The highest BCUT2D eigenvalue weighted by Gasteiger charge is 2.41. The van der Waals surface area contributed by atoms with Crippen molar-refractivity contribution in [2.24, 2.45) is 5.92 Å². The van der Waals surface area contributed by atoms with E-state index in [1.54, 1.807) is 17.2 Å². The summed E-state index contributed by atoms with van der Waals surface area (Å²) in [5, 5.41) is 0. The fourth-order valence-electron chi connectivity index (χ4n) is 4.36. The van der Waals surface area contributed by atoms with Crippen molar-refractivity contribution in [1.82, 2.24) is 19.8 Å². The number of carbonyl (C=O) groups is 2. The Morgan fingerprint density at radius 2 is 2.14 bits per heavy atom. The van der Waals surface area contributed by atoms with Crippen LogP contribution in [0.5, 0.6) is 0 Å². The third-order valence-electron chi connectivity index (χ3n) is 5.75. The Morgan fingerprint density at radius 1 is 1.25 bits per heavy atom. The van der Waals surface area contributed by atoms with Gasteiger partial charge in [-0.3, -0.25) is 9.59 Å². The van der Waals surface area contributed by atoms with E-state index in [1.807, 2.05) is 35.2 Å². The summed E-state index contributed by atoms with van der Waals surface area (Å²) in [5.74, 6) is 1.34. The van der Waals surface area contributed by atoms with Gasteiger partial charge in [-0.05, 0) is 37.1 Å². The summed E-state index contributed by atoms with van der Waals surface area (Å²) in [7, 11) is 0. The number of aromatic nitrogens is 2. The van der Waals surface area contributed by atoms with Gasteiger partial charge in [0.15, 0.2) is 0 Å². The van der Waals surface area contributed by atoms with Gasteiger partial charge in [-0.25, -0.2) is 4.98 Å². The predicted octanol–water partition coefficient (Wildman–Crippen LogP) is 2.87. The molecule has 3 aromatic rings. The number of nitrogens with zero attached hydrogens (tertiary/aromatic N) is 3. The Bertz CT molecular complexity index is 977. The first kappa shape index (κ1) is 17.0. The molecule has 7 heteroatoms. The molecule has 2 aliphatic rings. The molecule has 2 amide bonds. The monoisotopic (exact) mass is 378 g/mol. The van der Waals surface area contributed by atoms with E-state index in [4.69, 9.17) is 9.40 Å². The van der Waals surface area contributed by atoms with Crippen molar-refractivity contribution in [2.75, 3.05) is 13.1 Å². The lowest BCUT2D eigenvalue weighted by Crippen LogP contribution is -2.37. The fourth-order valence-corrected chi connectivity index (χ4v) is 4.36. The van der Waals surface area contributed by atoms with Crippen molar-refractivity contribution >= 4 is 22.8 Å². The average molecular weight is 378 g/mol. The van der Waals surface area contributed by atoms with Crippen molar-refractivity contribution in [3.05, 3.63) is 54.2 Å². The molecule has 2 atom stereocenters. The van der Waals surface area contributed by atoms with Gasteiger partial charge in [0.05, 0.1) is 35.8 Å². The van der Waals surface area contributed by atoms with E-state index in [0.717, 1.165) is 35.5 Å². The van der Waals surface area contributed by atoms with Crippen LogP contribution in [0.3, 0.4) is 0 Å². The molecule has 1 aromatic carbocycles. The van der Waals surface area contributed by atoms with Crippen LogP contribution in [-0.4, -0.2) is 44.7 Å². The minimum Gasteiger partial charge on any atom is -0.467 e. The van der Waals surface area contributed by atoms with Crippen LogP contribution in [-0.2, 0) is 16.1 Å². The van der Waals surface area contributed by atoms with E-state index in [1.165, 1.54) is 0 Å². The molecule has 144 valence electrons. The lowest BCUT2D eigenvalue weighted by Gasteiger charge is -2.26. The number of carbonyl (C=O) groups excluding carboxylic acids is 2. The second kappa shape index (κ2) is 6.82. The van der Waals surface area contributed by atoms with E-state index in [-0.39, 0.29) is 30.2 Å². The van der Waals surface area contributed by atoms with Gasteiger partial charge in [0.2, 0.25) is 11.8 Å². The number of hydrogen-bond acceptors (Lipinski definition) is 4. The highest BCUT2D eigenvalue weighted by molar-refractivity contribution is 5.89. The number of benzene rings is 1. The van der Waals surface area contributed by atoms with E-state index in [0.29, 0.717) is 19.6 Å². The van der Waals surface area contributed by atoms with Crippen molar-refractivity contribution in [2.45, 2.75) is 31.8 Å². The first-order valence-corrected chi connectivity index (χ1v) is 9.74. The van der Waals surface area contributed by atoms with Gasteiger partial charge < -0.3 is 19.2 Å². The maximum atomic E-state index is 13.2. The topological polar surface area (TPSA) is 82.4 Å². The van der Waals surface area contributed by atoms with Crippen molar-refractivity contribution in [1.29, 1.82) is 0 Å². The predicted molar refractivity (Wildman–Crippen MR) is 102 cm³/mol. The van der Waals surface area contributed by atoms with Gasteiger partial charge in [-0.15, -0.1) is 0 Å². The average Bonchev–Trinajstić information content (AvgIpc) is 3.48. The Labute approximate surface area is 162 Å². The number of H-pyrrole nitrogens is 1. The minimum atomic E-state index is -0.299. The normalized spacial score (nSPS) is 22.5. The van der Waals surface area contributed by atoms with Crippen LogP contribution in [0.15, 0.2) is 47.1 Å². The molecular weight excluding hydrogens is 356 g/mol. The number of imidazole rings is 1. The molecule has 0 bridgehead atoms. The number of nitrogens with one attached hydrogen (secondary N) is 1. The van der Waals surface area contributed by atoms with E-state index >= 15 is 0 Å². The number of likely N-dealkylation sites (tertiary alicyclic amines) is 2. The Morgan fingerprint density at radius 3 is 2.96 bits per heavy atom. The van der Waals surface area contributed by atoms with E-state index in [2.05, 4.69) is 4.98 Å². The van der Waals surface area contributed by atoms with Gasteiger partial charge in [0.1, 0.15) is 11.6 Å². The maximum absolute atomic E-state index is 13.2. The van der Waals surface area contributed by atoms with E-state index < -0.39 is 0 Å². The number of para-hydroxylation sites is 2.